The number of aliphatic carboxylic acids is 1. The lowest BCUT2D eigenvalue weighted by Gasteiger charge is -2.40. The van der Waals surface area contributed by atoms with Crippen molar-refractivity contribution in [3.63, 3.8) is 0 Å². The maximum atomic E-state index is 11.8. The highest BCUT2D eigenvalue weighted by Crippen LogP contribution is 2.53. The molecule has 4 nitrogen and oxygen atoms in total. The van der Waals surface area contributed by atoms with E-state index in [0.717, 1.165) is 12.0 Å². The number of aryl methyl sites for hydroxylation is 1. The second-order valence-electron chi connectivity index (χ2n) is 5.05. The molecule has 0 bridgehead atoms. The van der Waals surface area contributed by atoms with E-state index in [1.165, 1.54) is 7.11 Å². The van der Waals surface area contributed by atoms with Crippen LogP contribution in [0, 0.1) is 0 Å². The van der Waals surface area contributed by atoms with Gasteiger partial charge in [0.1, 0.15) is 0 Å². The van der Waals surface area contributed by atoms with Gasteiger partial charge in [0.2, 0.25) is 0 Å². The Morgan fingerprint density at radius 3 is 2.40 bits per heavy atom. The Balaban J connectivity index is 2.75. The number of rotatable bonds is 5. The summed E-state index contributed by atoms with van der Waals surface area (Å²) in [5, 5.41) is 10.1. The lowest BCUT2D eigenvalue weighted by atomic mass is 9.64. The van der Waals surface area contributed by atoms with Crippen molar-refractivity contribution in [1.29, 1.82) is 0 Å². The minimum Gasteiger partial charge on any atom is -0.493 e. The third-order valence-electron chi connectivity index (χ3n) is 4.16. The van der Waals surface area contributed by atoms with Crippen LogP contribution in [0.3, 0.4) is 0 Å². The fraction of sp³-hybridized carbons (Fsp3) is 0.533. The first-order valence-corrected chi connectivity index (χ1v) is 7.06. The Hall–Kier alpha value is -1.42. The molecule has 1 aromatic rings. The molecule has 0 radical (unpaired) electrons. The summed E-state index contributed by atoms with van der Waals surface area (Å²) in [7, 11) is 3.06. The molecular weight excluding hydrogens is 280 g/mol. The normalized spacial score (nSPS) is 16.4. The van der Waals surface area contributed by atoms with Gasteiger partial charge in [-0.15, -0.1) is 0 Å². The van der Waals surface area contributed by atoms with Crippen LogP contribution in [0.15, 0.2) is 6.07 Å². The number of ether oxygens (including phenoxy) is 2. The van der Waals surface area contributed by atoms with Gasteiger partial charge in [0.15, 0.2) is 11.5 Å². The van der Waals surface area contributed by atoms with Gasteiger partial charge in [-0.25, -0.2) is 0 Å². The number of methoxy groups -OCH3 is 2. The van der Waals surface area contributed by atoms with Gasteiger partial charge in [-0.05, 0) is 30.9 Å². The molecule has 0 atom stereocenters. The molecule has 0 heterocycles. The quantitative estimate of drug-likeness (QED) is 0.905. The molecule has 0 amide bonds. The van der Waals surface area contributed by atoms with E-state index < -0.39 is 11.4 Å². The van der Waals surface area contributed by atoms with E-state index in [-0.39, 0.29) is 0 Å². The van der Waals surface area contributed by atoms with Crippen molar-refractivity contribution in [2.75, 3.05) is 14.2 Å². The highest BCUT2D eigenvalue weighted by molar-refractivity contribution is 6.33. The summed E-state index contributed by atoms with van der Waals surface area (Å²) >= 11 is 6.46. The van der Waals surface area contributed by atoms with Crippen molar-refractivity contribution >= 4 is 17.6 Å². The van der Waals surface area contributed by atoms with Gasteiger partial charge >= 0.3 is 5.97 Å². The monoisotopic (exact) mass is 298 g/mol. The average molecular weight is 299 g/mol. The number of hydrogen-bond donors (Lipinski definition) is 1. The summed E-state index contributed by atoms with van der Waals surface area (Å²) in [4.78, 5) is 11.8. The number of carbonyl (C=O) groups is 1. The SMILES string of the molecule is CCc1cc(OC)c(OC)c(C2(C(=O)O)CCC2)c1Cl. The first-order valence-electron chi connectivity index (χ1n) is 6.69. The molecule has 110 valence electrons. The molecule has 1 aliphatic carbocycles. The molecule has 1 aromatic carbocycles. The molecule has 0 unspecified atom stereocenters. The van der Waals surface area contributed by atoms with Crippen LogP contribution in [-0.4, -0.2) is 25.3 Å². The smallest absolute Gasteiger partial charge is 0.314 e. The van der Waals surface area contributed by atoms with Crippen LogP contribution in [0.1, 0.15) is 37.3 Å². The maximum Gasteiger partial charge on any atom is 0.314 e. The van der Waals surface area contributed by atoms with E-state index in [1.54, 1.807) is 7.11 Å². The molecule has 0 aromatic heterocycles. The van der Waals surface area contributed by atoms with Crippen LogP contribution in [0.2, 0.25) is 5.02 Å². The molecule has 1 fully saturated rings. The second-order valence-corrected chi connectivity index (χ2v) is 5.43. The molecule has 0 spiro atoms. The zero-order valence-electron chi connectivity index (χ0n) is 12.0. The van der Waals surface area contributed by atoms with Crippen LogP contribution in [0.4, 0.5) is 0 Å². The average Bonchev–Trinajstić information content (AvgIpc) is 2.38. The summed E-state index contributed by atoms with van der Waals surface area (Å²) in [5.74, 6) is 0.132. The van der Waals surface area contributed by atoms with Crippen LogP contribution in [0.5, 0.6) is 11.5 Å². The third-order valence-corrected chi connectivity index (χ3v) is 4.59. The number of benzene rings is 1. The molecule has 5 heteroatoms. The van der Waals surface area contributed by atoms with Crippen LogP contribution >= 0.6 is 11.6 Å². The van der Waals surface area contributed by atoms with Crippen LogP contribution in [0.25, 0.3) is 0 Å². The fourth-order valence-electron chi connectivity index (χ4n) is 2.81. The lowest BCUT2D eigenvalue weighted by molar-refractivity contribution is -0.147. The van der Waals surface area contributed by atoms with Crippen molar-refractivity contribution in [3.8, 4) is 11.5 Å². The Labute approximate surface area is 123 Å². The summed E-state index contributed by atoms with van der Waals surface area (Å²) < 4.78 is 10.7. The lowest BCUT2D eigenvalue weighted by Crippen LogP contribution is -2.43. The predicted octanol–water partition coefficient (Wildman–Crippen LogP) is 3.43. The molecule has 1 saturated carbocycles. The van der Waals surface area contributed by atoms with E-state index in [4.69, 9.17) is 21.1 Å². The van der Waals surface area contributed by atoms with Gasteiger partial charge in [0.05, 0.1) is 24.7 Å². The summed E-state index contributed by atoms with van der Waals surface area (Å²) in [6.45, 7) is 1.98. The van der Waals surface area contributed by atoms with Gasteiger partial charge in [0, 0.05) is 5.56 Å². The largest absolute Gasteiger partial charge is 0.493 e. The van der Waals surface area contributed by atoms with Gasteiger partial charge in [0.25, 0.3) is 0 Å². The Morgan fingerprint density at radius 1 is 1.40 bits per heavy atom. The molecule has 0 aliphatic heterocycles. The van der Waals surface area contributed by atoms with Crippen LogP contribution < -0.4 is 9.47 Å². The van der Waals surface area contributed by atoms with E-state index in [0.29, 0.717) is 41.3 Å². The summed E-state index contributed by atoms with van der Waals surface area (Å²) in [6.07, 6.45) is 2.75. The highest BCUT2D eigenvalue weighted by atomic mass is 35.5. The van der Waals surface area contributed by atoms with Crippen molar-refractivity contribution in [3.05, 3.63) is 22.2 Å². The molecular formula is C15H19ClO4. The zero-order valence-corrected chi connectivity index (χ0v) is 12.7. The molecule has 0 saturated heterocycles. The van der Waals surface area contributed by atoms with Crippen molar-refractivity contribution in [2.24, 2.45) is 0 Å². The Kier molecular flexibility index (Phi) is 4.14. The predicted molar refractivity (Wildman–Crippen MR) is 77.1 cm³/mol. The highest BCUT2D eigenvalue weighted by Gasteiger charge is 2.50. The molecule has 20 heavy (non-hydrogen) atoms. The number of carboxylic acid groups (broad SMARTS) is 1. The van der Waals surface area contributed by atoms with Crippen molar-refractivity contribution in [2.45, 2.75) is 38.0 Å². The number of carboxylic acids is 1. The fourth-order valence-corrected chi connectivity index (χ4v) is 3.27. The molecule has 1 aliphatic rings. The Bertz CT molecular complexity index is 535. The summed E-state index contributed by atoms with van der Waals surface area (Å²) in [6, 6.07) is 1.82. The van der Waals surface area contributed by atoms with Crippen molar-refractivity contribution in [1.82, 2.24) is 0 Å². The van der Waals surface area contributed by atoms with Gasteiger partial charge < -0.3 is 14.6 Å². The van der Waals surface area contributed by atoms with E-state index in [2.05, 4.69) is 0 Å². The van der Waals surface area contributed by atoms with Gasteiger partial charge in [-0.1, -0.05) is 24.9 Å². The first-order chi connectivity index (χ1) is 9.51. The van der Waals surface area contributed by atoms with E-state index in [1.807, 2.05) is 13.0 Å². The zero-order chi connectivity index (χ0) is 14.9. The third kappa shape index (κ3) is 2.03. The second kappa shape index (κ2) is 5.52. The van der Waals surface area contributed by atoms with Crippen molar-refractivity contribution < 1.29 is 19.4 Å². The Morgan fingerprint density at radius 2 is 2.05 bits per heavy atom. The molecule has 1 N–H and O–H groups in total. The minimum atomic E-state index is -0.944. The van der Waals surface area contributed by atoms with E-state index in [9.17, 15) is 9.90 Å². The van der Waals surface area contributed by atoms with Gasteiger partial charge in [-0.3, -0.25) is 4.79 Å². The maximum absolute atomic E-state index is 11.8. The standard InChI is InChI=1S/C15H19ClO4/c1-4-9-8-10(19-2)13(20-3)11(12(9)16)15(14(17)18)6-5-7-15/h8H,4-7H2,1-3H3,(H,17,18). The van der Waals surface area contributed by atoms with Crippen LogP contribution in [-0.2, 0) is 16.6 Å². The number of hydrogen-bond acceptors (Lipinski definition) is 3. The van der Waals surface area contributed by atoms with Gasteiger partial charge in [-0.2, -0.15) is 0 Å². The molecule has 2 rings (SSSR count). The topological polar surface area (TPSA) is 55.8 Å². The summed E-state index contributed by atoms with van der Waals surface area (Å²) in [5.41, 5.74) is 0.504. The van der Waals surface area contributed by atoms with E-state index >= 15 is 0 Å². The minimum absolute atomic E-state index is 0.441. The number of halogens is 1. The first kappa shape index (κ1) is 15.0.